The van der Waals surface area contributed by atoms with Crippen LogP contribution < -0.4 is 10.1 Å². The molecule has 4 heterocycles. The van der Waals surface area contributed by atoms with Crippen LogP contribution in [0.3, 0.4) is 0 Å². The second-order valence-corrected chi connectivity index (χ2v) is 7.85. The van der Waals surface area contributed by atoms with Crippen LogP contribution in [0.1, 0.15) is 0 Å². The van der Waals surface area contributed by atoms with E-state index >= 15 is 0 Å². The maximum Gasteiger partial charge on any atom is 0.300 e. The first-order valence-corrected chi connectivity index (χ1v) is 10.4. The van der Waals surface area contributed by atoms with Gasteiger partial charge in [-0.25, -0.2) is 9.97 Å². The van der Waals surface area contributed by atoms with E-state index in [1.165, 1.54) is 6.33 Å². The number of aromatic amines is 1. The van der Waals surface area contributed by atoms with Gasteiger partial charge in [0.15, 0.2) is 5.58 Å². The molecule has 4 aromatic heterocycles. The molecule has 0 unspecified atom stereocenters. The number of benzene rings is 2. The molecule has 0 amide bonds. The van der Waals surface area contributed by atoms with Crippen molar-refractivity contribution in [3.8, 4) is 22.9 Å². The molecule has 0 aliphatic rings. The molecule has 33 heavy (non-hydrogen) atoms. The van der Waals surface area contributed by atoms with Crippen molar-refractivity contribution in [2.45, 2.75) is 0 Å². The lowest BCUT2D eigenvalue weighted by Crippen LogP contribution is -1.90. The molecule has 2 aromatic carbocycles. The van der Waals surface area contributed by atoms with E-state index in [1.54, 1.807) is 35.1 Å². The summed E-state index contributed by atoms with van der Waals surface area (Å²) >= 11 is 5.94. The SMILES string of the molecule is Cn1cc(-c2cc3c(Oc4ccc5oc(Nc6ccc(Cl)cc6)nc5c4)ncnc3[nH]2)cn1. The summed E-state index contributed by atoms with van der Waals surface area (Å²) in [5, 5.41) is 8.77. The lowest BCUT2D eigenvalue weighted by atomic mass is 10.2. The molecule has 2 N–H and O–H groups in total. The zero-order chi connectivity index (χ0) is 22.4. The minimum Gasteiger partial charge on any atom is -0.438 e. The van der Waals surface area contributed by atoms with Crippen molar-refractivity contribution in [3.63, 3.8) is 0 Å². The Bertz CT molecular complexity index is 1600. The highest BCUT2D eigenvalue weighted by Gasteiger charge is 2.14. The van der Waals surface area contributed by atoms with E-state index in [9.17, 15) is 0 Å². The first kappa shape index (κ1) is 19.3. The van der Waals surface area contributed by atoms with E-state index in [1.807, 2.05) is 37.5 Å². The minimum absolute atomic E-state index is 0.376. The van der Waals surface area contributed by atoms with Crippen molar-refractivity contribution >= 4 is 45.4 Å². The van der Waals surface area contributed by atoms with Gasteiger partial charge in [0.25, 0.3) is 6.01 Å². The Hall–Kier alpha value is -4.37. The number of anilines is 2. The smallest absolute Gasteiger partial charge is 0.300 e. The first-order chi connectivity index (χ1) is 16.1. The lowest BCUT2D eigenvalue weighted by Gasteiger charge is -2.04. The Morgan fingerprint density at radius 1 is 1.09 bits per heavy atom. The third-order valence-electron chi connectivity index (χ3n) is 5.07. The number of nitrogens with zero attached hydrogens (tertiary/aromatic N) is 5. The van der Waals surface area contributed by atoms with Crippen LogP contribution in [0.4, 0.5) is 11.7 Å². The number of ether oxygens (including phenoxy) is 1. The van der Waals surface area contributed by atoms with Crippen LogP contribution in [0.15, 0.2) is 71.7 Å². The normalized spacial score (nSPS) is 11.3. The summed E-state index contributed by atoms with van der Waals surface area (Å²) in [6.07, 6.45) is 5.17. The molecular weight excluding hydrogens is 442 g/mol. The number of H-pyrrole nitrogens is 1. The van der Waals surface area contributed by atoms with Gasteiger partial charge in [-0.2, -0.15) is 10.1 Å². The maximum absolute atomic E-state index is 6.09. The fraction of sp³-hybridized carbons (Fsp3) is 0.0435. The van der Waals surface area contributed by atoms with E-state index in [0.29, 0.717) is 39.4 Å². The molecule has 0 radical (unpaired) electrons. The summed E-state index contributed by atoms with van der Waals surface area (Å²) < 4.78 is 13.6. The molecule has 6 aromatic rings. The van der Waals surface area contributed by atoms with Gasteiger partial charge < -0.3 is 19.5 Å². The van der Waals surface area contributed by atoms with Crippen molar-refractivity contribution in [1.29, 1.82) is 0 Å². The van der Waals surface area contributed by atoms with Crippen molar-refractivity contribution in [3.05, 3.63) is 72.3 Å². The van der Waals surface area contributed by atoms with Gasteiger partial charge in [-0.05, 0) is 42.5 Å². The molecule has 0 fully saturated rings. The summed E-state index contributed by atoms with van der Waals surface area (Å²) in [6.45, 7) is 0. The monoisotopic (exact) mass is 457 g/mol. The average Bonchev–Trinajstić information content (AvgIpc) is 3.53. The summed E-state index contributed by atoms with van der Waals surface area (Å²) in [5.41, 5.74) is 4.62. The predicted molar refractivity (Wildman–Crippen MR) is 125 cm³/mol. The molecule has 0 bridgehead atoms. The highest BCUT2D eigenvalue weighted by atomic mass is 35.5. The second-order valence-electron chi connectivity index (χ2n) is 7.41. The Morgan fingerprint density at radius 2 is 1.97 bits per heavy atom. The molecule has 9 nitrogen and oxygen atoms in total. The maximum atomic E-state index is 6.09. The van der Waals surface area contributed by atoms with Gasteiger partial charge >= 0.3 is 0 Å². The molecule has 0 spiro atoms. The van der Waals surface area contributed by atoms with Crippen molar-refractivity contribution in [1.82, 2.24) is 29.7 Å². The predicted octanol–water partition coefficient (Wildman–Crippen LogP) is 5.69. The lowest BCUT2D eigenvalue weighted by molar-refractivity contribution is 0.468. The number of aromatic nitrogens is 6. The molecular formula is C23H16ClN7O2. The van der Waals surface area contributed by atoms with E-state index in [0.717, 1.165) is 22.3 Å². The van der Waals surface area contributed by atoms with Gasteiger partial charge in [0.05, 0.1) is 17.3 Å². The molecule has 10 heteroatoms. The van der Waals surface area contributed by atoms with Crippen LogP contribution in [0.25, 0.3) is 33.4 Å². The fourth-order valence-electron chi connectivity index (χ4n) is 3.51. The van der Waals surface area contributed by atoms with Gasteiger partial charge in [-0.1, -0.05) is 11.6 Å². The summed E-state index contributed by atoms with van der Waals surface area (Å²) in [4.78, 5) is 16.4. The number of aryl methyl sites for hydroxylation is 1. The Balaban J connectivity index is 1.29. The van der Waals surface area contributed by atoms with Gasteiger partial charge in [0, 0.05) is 35.6 Å². The third-order valence-corrected chi connectivity index (χ3v) is 5.33. The van der Waals surface area contributed by atoms with Crippen LogP contribution >= 0.6 is 11.6 Å². The summed E-state index contributed by atoms with van der Waals surface area (Å²) in [5.74, 6) is 1.02. The molecule has 162 valence electrons. The number of hydrogen-bond donors (Lipinski definition) is 2. The zero-order valence-corrected chi connectivity index (χ0v) is 18.0. The van der Waals surface area contributed by atoms with Crippen LogP contribution in [-0.2, 0) is 7.05 Å². The number of hydrogen-bond acceptors (Lipinski definition) is 7. The van der Waals surface area contributed by atoms with Crippen LogP contribution in [0.2, 0.25) is 5.02 Å². The largest absolute Gasteiger partial charge is 0.438 e. The molecule has 0 aliphatic heterocycles. The van der Waals surface area contributed by atoms with Gasteiger partial charge in [-0.15, -0.1) is 0 Å². The van der Waals surface area contributed by atoms with Crippen molar-refractivity contribution in [2.24, 2.45) is 7.05 Å². The second kappa shape index (κ2) is 7.64. The van der Waals surface area contributed by atoms with Gasteiger partial charge in [-0.3, -0.25) is 4.68 Å². The zero-order valence-electron chi connectivity index (χ0n) is 17.3. The average molecular weight is 458 g/mol. The Morgan fingerprint density at radius 3 is 2.79 bits per heavy atom. The molecule has 0 saturated carbocycles. The van der Waals surface area contributed by atoms with Crippen molar-refractivity contribution in [2.75, 3.05) is 5.32 Å². The summed E-state index contributed by atoms with van der Waals surface area (Å²) in [6, 6.07) is 15.0. The number of fused-ring (bicyclic) bond motifs is 2. The first-order valence-electron chi connectivity index (χ1n) is 10.0. The van der Waals surface area contributed by atoms with E-state index in [2.05, 4.69) is 30.4 Å². The Labute approximate surface area is 192 Å². The quantitative estimate of drug-likeness (QED) is 0.342. The van der Waals surface area contributed by atoms with E-state index < -0.39 is 0 Å². The van der Waals surface area contributed by atoms with Crippen molar-refractivity contribution < 1.29 is 9.15 Å². The highest BCUT2D eigenvalue weighted by molar-refractivity contribution is 6.30. The van der Waals surface area contributed by atoms with Crippen LogP contribution in [0, 0.1) is 0 Å². The minimum atomic E-state index is 0.376. The van der Waals surface area contributed by atoms with Gasteiger partial charge in [0.2, 0.25) is 5.88 Å². The van der Waals surface area contributed by atoms with E-state index in [-0.39, 0.29) is 0 Å². The molecule has 0 saturated heterocycles. The highest BCUT2D eigenvalue weighted by Crippen LogP contribution is 2.32. The molecule has 0 atom stereocenters. The number of oxazole rings is 1. The standard InChI is InChI=1S/C23H16ClN7O2/c1-31-11-13(10-27-31)18-9-17-21(29-18)25-12-26-22(17)32-16-6-7-20-19(8-16)30-23(33-20)28-15-4-2-14(24)3-5-15/h2-12H,1H3,(H,28,30)(H,25,26,29). The number of nitrogens with one attached hydrogen (secondary N) is 2. The third kappa shape index (κ3) is 3.74. The Kier molecular flexibility index (Phi) is 4.48. The molecule has 6 rings (SSSR count). The number of halogens is 1. The van der Waals surface area contributed by atoms with E-state index in [4.69, 9.17) is 20.8 Å². The fourth-order valence-corrected chi connectivity index (χ4v) is 3.63. The topological polar surface area (TPSA) is 107 Å². The van der Waals surface area contributed by atoms with Crippen LogP contribution in [0.5, 0.6) is 11.6 Å². The number of rotatable bonds is 5. The summed E-state index contributed by atoms with van der Waals surface area (Å²) in [7, 11) is 1.87. The van der Waals surface area contributed by atoms with Crippen LogP contribution in [-0.4, -0.2) is 29.7 Å². The molecule has 0 aliphatic carbocycles. The van der Waals surface area contributed by atoms with Gasteiger partial charge in [0.1, 0.15) is 23.2 Å².